The number of nitrogens with one attached hydrogen (secondary N) is 2. The van der Waals surface area contributed by atoms with Crippen LogP contribution in [-0.2, 0) is 20.7 Å². The number of carbonyl (C=O) groups is 2. The molecule has 5 nitrogen and oxygen atoms in total. The van der Waals surface area contributed by atoms with Gasteiger partial charge in [0.05, 0.1) is 22.2 Å². The molecule has 3 rings (SSSR count). The SMILES string of the molecule is O=C(COC(=O)Cc1c[nH]c2ccccc12)Nc1cccc(Cl)c1Cl. The Morgan fingerprint density at radius 1 is 1.08 bits per heavy atom. The van der Waals surface area contributed by atoms with E-state index >= 15 is 0 Å². The average molecular weight is 377 g/mol. The van der Waals surface area contributed by atoms with Crippen LogP contribution in [0.1, 0.15) is 5.56 Å². The summed E-state index contributed by atoms with van der Waals surface area (Å²) in [6, 6.07) is 12.5. The van der Waals surface area contributed by atoms with Gasteiger partial charge in [0, 0.05) is 17.1 Å². The Hall–Kier alpha value is -2.50. The highest BCUT2D eigenvalue weighted by atomic mass is 35.5. The Bertz CT molecular complexity index is 937. The fourth-order valence-electron chi connectivity index (χ4n) is 2.42. The lowest BCUT2D eigenvalue weighted by atomic mass is 10.1. The quantitative estimate of drug-likeness (QED) is 0.655. The van der Waals surface area contributed by atoms with Crippen LogP contribution in [0.25, 0.3) is 10.9 Å². The van der Waals surface area contributed by atoms with E-state index in [1.54, 1.807) is 24.4 Å². The van der Waals surface area contributed by atoms with Crippen molar-refractivity contribution in [3.8, 4) is 0 Å². The highest BCUT2D eigenvalue weighted by Crippen LogP contribution is 2.29. The highest BCUT2D eigenvalue weighted by Gasteiger charge is 2.13. The van der Waals surface area contributed by atoms with Gasteiger partial charge in [-0.15, -0.1) is 0 Å². The minimum absolute atomic E-state index is 0.0786. The van der Waals surface area contributed by atoms with Crippen molar-refractivity contribution < 1.29 is 14.3 Å². The van der Waals surface area contributed by atoms with Crippen molar-refractivity contribution in [1.82, 2.24) is 4.98 Å². The van der Waals surface area contributed by atoms with E-state index in [1.807, 2.05) is 24.3 Å². The summed E-state index contributed by atoms with van der Waals surface area (Å²) < 4.78 is 5.03. The predicted molar refractivity (Wildman–Crippen MR) is 98.1 cm³/mol. The van der Waals surface area contributed by atoms with E-state index in [-0.39, 0.29) is 11.4 Å². The number of rotatable bonds is 5. The normalized spacial score (nSPS) is 10.6. The number of aromatic amines is 1. The van der Waals surface area contributed by atoms with Crippen molar-refractivity contribution in [2.45, 2.75) is 6.42 Å². The van der Waals surface area contributed by atoms with Gasteiger partial charge in [-0.2, -0.15) is 0 Å². The van der Waals surface area contributed by atoms with Crippen molar-refractivity contribution >= 4 is 51.7 Å². The summed E-state index contributed by atoms with van der Waals surface area (Å²) in [7, 11) is 0. The van der Waals surface area contributed by atoms with Crippen LogP contribution in [0.15, 0.2) is 48.7 Å². The number of fused-ring (bicyclic) bond motifs is 1. The second kappa shape index (κ2) is 7.59. The minimum atomic E-state index is -0.489. The summed E-state index contributed by atoms with van der Waals surface area (Å²) >= 11 is 11.9. The second-order valence-corrected chi connectivity index (χ2v) is 6.13. The smallest absolute Gasteiger partial charge is 0.310 e. The molecule has 0 aliphatic carbocycles. The Kier molecular flexibility index (Phi) is 5.26. The molecule has 1 heterocycles. The van der Waals surface area contributed by atoms with Gasteiger partial charge >= 0.3 is 5.97 Å². The van der Waals surface area contributed by atoms with Crippen LogP contribution in [-0.4, -0.2) is 23.5 Å². The Morgan fingerprint density at radius 3 is 2.72 bits per heavy atom. The lowest BCUT2D eigenvalue weighted by Crippen LogP contribution is -2.21. The van der Waals surface area contributed by atoms with E-state index in [0.29, 0.717) is 10.7 Å². The third-order valence-corrected chi connectivity index (χ3v) is 4.42. The van der Waals surface area contributed by atoms with E-state index in [2.05, 4.69) is 10.3 Å². The maximum atomic E-state index is 12.0. The summed E-state index contributed by atoms with van der Waals surface area (Å²) in [5, 5.41) is 4.08. The number of halogens is 2. The van der Waals surface area contributed by atoms with Crippen LogP contribution in [0.2, 0.25) is 10.0 Å². The number of anilines is 1. The van der Waals surface area contributed by atoms with Crippen LogP contribution in [0.4, 0.5) is 5.69 Å². The zero-order valence-electron chi connectivity index (χ0n) is 13.0. The summed E-state index contributed by atoms with van der Waals surface area (Å²) in [4.78, 5) is 27.0. The van der Waals surface area contributed by atoms with Crippen LogP contribution in [0.5, 0.6) is 0 Å². The minimum Gasteiger partial charge on any atom is -0.455 e. The molecule has 7 heteroatoms. The second-order valence-electron chi connectivity index (χ2n) is 5.35. The standard InChI is InChI=1S/C18H14Cl2N2O3/c19-13-5-3-7-15(18(13)20)22-16(23)10-25-17(24)8-11-9-21-14-6-2-1-4-12(11)14/h1-7,9,21H,8,10H2,(H,22,23). The van der Waals surface area contributed by atoms with Crippen LogP contribution in [0, 0.1) is 0 Å². The predicted octanol–water partition coefficient (Wildman–Crippen LogP) is 4.20. The number of H-pyrrole nitrogens is 1. The summed E-state index contributed by atoms with van der Waals surface area (Å²) in [5.41, 5.74) is 2.13. The number of para-hydroxylation sites is 1. The van der Waals surface area contributed by atoms with Gasteiger partial charge in [0.15, 0.2) is 6.61 Å². The molecular weight excluding hydrogens is 363 g/mol. The summed E-state index contributed by atoms with van der Waals surface area (Å²) in [6.45, 7) is -0.399. The number of benzene rings is 2. The van der Waals surface area contributed by atoms with Gasteiger partial charge in [0.2, 0.25) is 0 Å². The molecular formula is C18H14Cl2N2O3. The molecule has 0 saturated heterocycles. The number of hydrogen-bond acceptors (Lipinski definition) is 3. The highest BCUT2D eigenvalue weighted by molar-refractivity contribution is 6.44. The molecule has 0 aliphatic rings. The maximum Gasteiger partial charge on any atom is 0.310 e. The van der Waals surface area contributed by atoms with E-state index in [1.165, 1.54) is 0 Å². The molecule has 2 N–H and O–H groups in total. The van der Waals surface area contributed by atoms with Gasteiger partial charge in [0.25, 0.3) is 5.91 Å². The molecule has 25 heavy (non-hydrogen) atoms. The van der Waals surface area contributed by atoms with Crippen molar-refractivity contribution in [2.75, 3.05) is 11.9 Å². The molecule has 0 radical (unpaired) electrons. The van der Waals surface area contributed by atoms with Crippen LogP contribution >= 0.6 is 23.2 Å². The number of amides is 1. The molecule has 0 spiro atoms. The van der Waals surface area contributed by atoms with Gasteiger partial charge in [0.1, 0.15) is 0 Å². The number of hydrogen-bond donors (Lipinski definition) is 2. The van der Waals surface area contributed by atoms with Gasteiger partial charge in [-0.05, 0) is 23.8 Å². The first-order chi connectivity index (χ1) is 12.0. The van der Waals surface area contributed by atoms with Gasteiger partial charge in [-0.25, -0.2) is 0 Å². The molecule has 0 unspecified atom stereocenters. The lowest BCUT2D eigenvalue weighted by Gasteiger charge is -2.08. The first-order valence-corrected chi connectivity index (χ1v) is 8.24. The molecule has 2 aromatic carbocycles. The van der Waals surface area contributed by atoms with Crippen molar-refractivity contribution in [1.29, 1.82) is 0 Å². The Labute approximate surface area is 153 Å². The number of aromatic nitrogens is 1. The van der Waals surface area contributed by atoms with Crippen molar-refractivity contribution in [2.24, 2.45) is 0 Å². The lowest BCUT2D eigenvalue weighted by molar-refractivity contribution is -0.146. The summed E-state index contributed by atoms with van der Waals surface area (Å²) in [5.74, 6) is -0.978. The van der Waals surface area contributed by atoms with Crippen molar-refractivity contribution in [3.05, 3.63) is 64.3 Å². The van der Waals surface area contributed by atoms with E-state index < -0.39 is 18.5 Å². The number of ether oxygens (including phenoxy) is 1. The molecule has 1 aromatic heterocycles. The average Bonchev–Trinajstić information content (AvgIpc) is 3.00. The van der Waals surface area contributed by atoms with Gasteiger partial charge in [-0.3, -0.25) is 9.59 Å². The molecule has 0 saturated carbocycles. The molecule has 0 atom stereocenters. The molecule has 0 aliphatic heterocycles. The third kappa shape index (κ3) is 4.13. The zero-order valence-corrected chi connectivity index (χ0v) is 14.5. The number of carbonyl (C=O) groups excluding carboxylic acids is 2. The largest absolute Gasteiger partial charge is 0.455 e. The Balaban J connectivity index is 1.55. The molecule has 128 valence electrons. The summed E-state index contributed by atoms with van der Waals surface area (Å²) in [6.07, 6.45) is 1.84. The van der Waals surface area contributed by atoms with Gasteiger partial charge in [-0.1, -0.05) is 47.5 Å². The topological polar surface area (TPSA) is 71.2 Å². The zero-order chi connectivity index (χ0) is 17.8. The fourth-order valence-corrected chi connectivity index (χ4v) is 2.76. The third-order valence-electron chi connectivity index (χ3n) is 3.60. The van der Waals surface area contributed by atoms with Crippen LogP contribution in [0.3, 0.4) is 0 Å². The van der Waals surface area contributed by atoms with E-state index in [0.717, 1.165) is 16.5 Å². The first-order valence-electron chi connectivity index (χ1n) is 7.49. The molecule has 1 amide bonds. The maximum absolute atomic E-state index is 12.0. The number of esters is 1. The van der Waals surface area contributed by atoms with Gasteiger partial charge < -0.3 is 15.0 Å². The molecule has 0 fully saturated rings. The van der Waals surface area contributed by atoms with E-state index in [9.17, 15) is 9.59 Å². The van der Waals surface area contributed by atoms with Crippen molar-refractivity contribution in [3.63, 3.8) is 0 Å². The Morgan fingerprint density at radius 2 is 1.88 bits per heavy atom. The monoisotopic (exact) mass is 376 g/mol. The van der Waals surface area contributed by atoms with E-state index in [4.69, 9.17) is 27.9 Å². The molecule has 3 aromatic rings. The first kappa shape index (κ1) is 17.3. The molecule has 0 bridgehead atoms. The van der Waals surface area contributed by atoms with Crippen LogP contribution < -0.4 is 5.32 Å². The fraction of sp³-hybridized carbons (Fsp3) is 0.111.